The number of ether oxygens (including phenoxy) is 2. The van der Waals surface area contributed by atoms with E-state index in [0.717, 1.165) is 24.6 Å². The standard InChI is InChI=1S/C32H32F5N3O6/c1-43-30-12-20(2-5-29(30)44-18-21-10-23(36)13-24(37)11-21)17-39-31(46-45-26(15-33)16-34)27-4-3-22(35)14-28(27)40(32(39)42)25-6-8-38(19-41)9-7-25/h2-5,10-14,19,25-26,31H,6-9,15-18H2,1H3. The maximum Gasteiger partial charge on any atom is 0.327 e. The molecular weight excluding hydrogens is 617 g/mol. The van der Waals surface area contributed by atoms with E-state index in [9.17, 15) is 31.5 Å². The Morgan fingerprint density at radius 2 is 1.61 bits per heavy atom. The number of hydrogen-bond donors (Lipinski definition) is 0. The lowest BCUT2D eigenvalue weighted by atomic mass is 9.98. The van der Waals surface area contributed by atoms with Crippen LogP contribution in [0.3, 0.4) is 0 Å². The summed E-state index contributed by atoms with van der Waals surface area (Å²) in [5.41, 5.74) is 1.32. The van der Waals surface area contributed by atoms with Crippen molar-refractivity contribution in [2.24, 2.45) is 0 Å². The molecule has 0 aliphatic carbocycles. The number of benzene rings is 3. The van der Waals surface area contributed by atoms with Crippen molar-refractivity contribution in [1.82, 2.24) is 9.80 Å². The van der Waals surface area contributed by atoms with Crippen LogP contribution in [0, 0.1) is 17.5 Å². The van der Waals surface area contributed by atoms with Crippen molar-refractivity contribution in [3.8, 4) is 11.5 Å². The number of hydrogen-bond acceptors (Lipinski definition) is 6. The molecule has 1 unspecified atom stereocenters. The summed E-state index contributed by atoms with van der Waals surface area (Å²) in [4.78, 5) is 40.4. The molecular formula is C32H32F5N3O6. The minimum atomic E-state index is -1.55. The number of anilines is 1. The normalized spacial score (nSPS) is 17.0. The van der Waals surface area contributed by atoms with Crippen LogP contribution in [0.1, 0.15) is 35.8 Å². The third kappa shape index (κ3) is 7.34. The fourth-order valence-electron chi connectivity index (χ4n) is 5.51. The van der Waals surface area contributed by atoms with Crippen LogP contribution in [0.15, 0.2) is 54.6 Å². The van der Waals surface area contributed by atoms with Gasteiger partial charge in [-0.05, 0) is 66.4 Å². The zero-order valence-corrected chi connectivity index (χ0v) is 24.8. The van der Waals surface area contributed by atoms with E-state index in [-0.39, 0.29) is 35.9 Å². The van der Waals surface area contributed by atoms with Crippen LogP contribution in [0.2, 0.25) is 0 Å². The second kappa shape index (κ2) is 14.8. The second-order valence-electron chi connectivity index (χ2n) is 10.9. The molecule has 5 rings (SSSR count). The maximum atomic E-state index is 14.6. The van der Waals surface area contributed by atoms with Gasteiger partial charge >= 0.3 is 6.03 Å². The Morgan fingerprint density at radius 1 is 0.891 bits per heavy atom. The van der Waals surface area contributed by atoms with Crippen LogP contribution in [-0.2, 0) is 27.7 Å². The third-order valence-electron chi connectivity index (χ3n) is 7.79. The van der Waals surface area contributed by atoms with Gasteiger partial charge in [0.1, 0.15) is 43.5 Å². The van der Waals surface area contributed by atoms with Crippen molar-refractivity contribution in [3.63, 3.8) is 0 Å². The molecule has 0 spiro atoms. The van der Waals surface area contributed by atoms with Crippen molar-refractivity contribution in [3.05, 3.63) is 88.7 Å². The number of nitrogens with zero attached hydrogens (tertiary/aromatic N) is 3. The SMILES string of the molecule is COc1cc(CN2C(=O)N(C3CCN(C=O)CC3)c3cc(F)ccc3C2OOC(CF)CF)ccc1OCc1cc(F)cc(F)c1. The van der Waals surface area contributed by atoms with Crippen molar-refractivity contribution in [2.45, 2.75) is 44.4 Å². The highest BCUT2D eigenvalue weighted by Crippen LogP contribution is 2.42. The zero-order chi connectivity index (χ0) is 32.8. The number of urea groups is 1. The summed E-state index contributed by atoms with van der Waals surface area (Å²) in [5, 5.41) is 0. The number of methoxy groups -OCH3 is 1. The van der Waals surface area contributed by atoms with Gasteiger partial charge in [-0.15, -0.1) is 0 Å². The van der Waals surface area contributed by atoms with Crippen molar-refractivity contribution in [2.75, 3.05) is 38.4 Å². The average Bonchev–Trinajstić information content (AvgIpc) is 3.05. The Hall–Kier alpha value is -4.43. The van der Waals surface area contributed by atoms with Gasteiger partial charge in [0, 0.05) is 30.8 Å². The number of likely N-dealkylation sites (tertiary alicyclic amines) is 1. The first-order valence-electron chi connectivity index (χ1n) is 14.5. The lowest BCUT2D eigenvalue weighted by Crippen LogP contribution is -2.56. The molecule has 46 heavy (non-hydrogen) atoms. The van der Waals surface area contributed by atoms with E-state index in [1.165, 1.54) is 35.1 Å². The molecule has 9 nitrogen and oxygen atoms in total. The highest BCUT2D eigenvalue weighted by molar-refractivity contribution is 5.96. The molecule has 0 bridgehead atoms. The summed E-state index contributed by atoms with van der Waals surface area (Å²) in [7, 11) is 1.39. The van der Waals surface area contributed by atoms with E-state index in [2.05, 4.69) is 0 Å². The lowest BCUT2D eigenvalue weighted by molar-refractivity contribution is -0.377. The fraction of sp³-hybridized carbons (Fsp3) is 0.375. The van der Waals surface area contributed by atoms with Crippen LogP contribution in [0.4, 0.5) is 32.4 Å². The quantitative estimate of drug-likeness (QED) is 0.0978. The highest BCUT2D eigenvalue weighted by atomic mass is 19.1. The molecule has 1 atom stereocenters. The molecule has 3 aromatic carbocycles. The number of alkyl halides is 2. The minimum Gasteiger partial charge on any atom is -0.493 e. The van der Waals surface area contributed by atoms with Gasteiger partial charge < -0.3 is 14.4 Å². The van der Waals surface area contributed by atoms with Crippen molar-refractivity contribution >= 4 is 18.1 Å². The Balaban J connectivity index is 1.45. The van der Waals surface area contributed by atoms with Crippen LogP contribution < -0.4 is 14.4 Å². The summed E-state index contributed by atoms with van der Waals surface area (Å²) in [6.45, 7) is -1.86. The summed E-state index contributed by atoms with van der Waals surface area (Å²) in [6.07, 6.45) is -1.28. The summed E-state index contributed by atoms with van der Waals surface area (Å²) in [5.74, 6) is -1.59. The van der Waals surface area contributed by atoms with E-state index >= 15 is 0 Å². The zero-order valence-electron chi connectivity index (χ0n) is 24.8. The number of rotatable bonds is 13. The van der Waals surface area contributed by atoms with Crippen LogP contribution in [0.25, 0.3) is 0 Å². The smallest absolute Gasteiger partial charge is 0.327 e. The molecule has 2 heterocycles. The second-order valence-corrected chi connectivity index (χ2v) is 10.9. The molecule has 3 amide bonds. The summed E-state index contributed by atoms with van der Waals surface area (Å²) in [6, 6.07) is 10.6. The minimum absolute atomic E-state index is 0.116. The molecule has 246 valence electrons. The molecule has 0 saturated carbocycles. The number of piperidine rings is 1. The number of amides is 3. The first-order chi connectivity index (χ1) is 22.2. The molecule has 0 N–H and O–H groups in total. The fourth-order valence-corrected chi connectivity index (χ4v) is 5.51. The van der Waals surface area contributed by atoms with Gasteiger partial charge in [-0.1, -0.05) is 6.07 Å². The average molecular weight is 650 g/mol. The van der Waals surface area contributed by atoms with Crippen LogP contribution >= 0.6 is 0 Å². The molecule has 2 aliphatic heterocycles. The molecule has 0 radical (unpaired) electrons. The van der Waals surface area contributed by atoms with E-state index in [1.54, 1.807) is 23.1 Å². The third-order valence-corrected chi connectivity index (χ3v) is 7.79. The Labute approximate surface area is 261 Å². The van der Waals surface area contributed by atoms with Crippen molar-refractivity contribution < 1.29 is 50.8 Å². The van der Waals surface area contributed by atoms with Gasteiger partial charge in [0.05, 0.1) is 19.3 Å². The van der Waals surface area contributed by atoms with E-state index in [4.69, 9.17) is 19.2 Å². The molecule has 1 saturated heterocycles. The molecule has 1 fully saturated rings. The van der Waals surface area contributed by atoms with Gasteiger partial charge in [0.15, 0.2) is 17.7 Å². The van der Waals surface area contributed by atoms with Gasteiger partial charge in [0.25, 0.3) is 0 Å². The van der Waals surface area contributed by atoms with E-state index < -0.39 is 55.2 Å². The monoisotopic (exact) mass is 649 g/mol. The van der Waals surface area contributed by atoms with Crippen LogP contribution in [0.5, 0.6) is 11.5 Å². The van der Waals surface area contributed by atoms with Crippen molar-refractivity contribution in [1.29, 1.82) is 0 Å². The highest BCUT2D eigenvalue weighted by Gasteiger charge is 2.43. The summed E-state index contributed by atoms with van der Waals surface area (Å²) < 4.78 is 79.6. The first kappa shape index (κ1) is 32.9. The number of carbonyl (C=O) groups is 2. The van der Waals surface area contributed by atoms with Gasteiger partial charge in [0.2, 0.25) is 6.41 Å². The largest absolute Gasteiger partial charge is 0.493 e. The molecule has 2 aliphatic rings. The topological polar surface area (TPSA) is 80.8 Å². The molecule has 3 aromatic rings. The Kier molecular flexibility index (Phi) is 10.6. The molecule has 0 aromatic heterocycles. The van der Waals surface area contributed by atoms with Crippen LogP contribution in [-0.4, -0.2) is 67.9 Å². The first-order valence-corrected chi connectivity index (χ1v) is 14.5. The lowest BCUT2D eigenvalue weighted by Gasteiger charge is -2.46. The molecule has 14 heteroatoms. The number of carbonyl (C=O) groups excluding carboxylic acids is 2. The number of fused-ring (bicyclic) bond motifs is 1. The maximum absolute atomic E-state index is 14.6. The summed E-state index contributed by atoms with van der Waals surface area (Å²) >= 11 is 0. The number of halogens is 5. The van der Waals surface area contributed by atoms with Gasteiger partial charge in [-0.3, -0.25) is 14.6 Å². The predicted octanol–water partition coefficient (Wildman–Crippen LogP) is 6.01. The Bertz CT molecular complexity index is 1520. The van der Waals surface area contributed by atoms with E-state index in [0.29, 0.717) is 37.1 Å². The Morgan fingerprint density at radius 3 is 2.26 bits per heavy atom. The van der Waals surface area contributed by atoms with E-state index in [1.807, 2.05) is 0 Å². The predicted molar refractivity (Wildman–Crippen MR) is 155 cm³/mol. The van der Waals surface area contributed by atoms with Gasteiger partial charge in [-0.25, -0.2) is 36.5 Å². The van der Waals surface area contributed by atoms with Gasteiger partial charge in [-0.2, -0.15) is 0 Å².